The summed E-state index contributed by atoms with van der Waals surface area (Å²) >= 11 is 0. The summed E-state index contributed by atoms with van der Waals surface area (Å²) in [5.41, 5.74) is 1.67. The van der Waals surface area contributed by atoms with E-state index in [9.17, 15) is 15.0 Å². The molecule has 5 heteroatoms. The molecule has 0 aromatic heterocycles. The molecule has 0 saturated carbocycles. The molecule has 2 aromatic carbocycles. The van der Waals surface area contributed by atoms with Gasteiger partial charge in [-0.1, -0.05) is 24.3 Å². The van der Waals surface area contributed by atoms with Gasteiger partial charge in [0.2, 0.25) is 0 Å². The molecule has 0 aliphatic carbocycles. The molecule has 2 atom stereocenters. The van der Waals surface area contributed by atoms with Crippen LogP contribution < -0.4 is 5.32 Å². The van der Waals surface area contributed by atoms with Gasteiger partial charge < -0.3 is 15.5 Å². The molecule has 0 aliphatic heterocycles. The van der Waals surface area contributed by atoms with Gasteiger partial charge in [-0.05, 0) is 36.8 Å². The van der Waals surface area contributed by atoms with Crippen molar-refractivity contribution in [1.29, 1.82) is 5.26 Å². The van der Waals surface area contributed by atoms with Crippen LogP contribution in [-0.4, -0.2) is 28.6 Å². The first-order valence-corrected chi connectivity index (χ1v) is 7.75. The fourth-order valence-electron chi connectivity index (χ4n) is 2.39. The Morgan fingerprint density at radius 1 is 1.25 bits per heavy atom. The number of nitriles is 1. The fourth-order valence-corrected chi connectivity index (χ4v) is 2.39. The van der Waals surface area contributed by atoms with Gasteiger partial charge in [0, 0.05) is 24.6 Å². The monoisotopic (exact) mass is 324 g/mol. The normalized spacial score (nSPS) is 13.0. The van der Waals surface area contributed by atoms with Crippen LogP contribution in [0.15, 0.2) is 48.5 Å². The largest absolute Gasteiger partial charge is 0.508 e. The minimum Gasteiger partial charge on any atom is -0.508 e. The average Bonchev–Trinajstić information content (AvgIpc) is 2.61. The second kappa shape index (κ2) is 8.25. The third kappa shape index (κ3) is 4.66. The summed E-state index contributed by atoms with van der Waals surface area (Å²) in [6.45, 7) is 2.25. The number of nitrogens with zero attached hydrogens (tertiary/aromatic N) is 1. The lowest BCUT2D eigenvalue weighted by molar-refractivity contribution is 0.0972. The predicted molar refractivity (Wildman–Crippen MR) is 90.6 cm³/mol. The zero-order valence-electron chi connectivity index (χ0n) is 13.4. The molecular weight excluding hydrogens is 304 g/mol. The Kier molecular flexibility index (Phi) is 6.07. The van der Waals surface area contributed by atoms with Crippen molar-refractivity contribution in [2.45, 2.75) is 25.5 Å². The number of ketones is 1. The van der Waals surface area contributed by atoms with E-state index in [0.717, 1.165) is 0 Å². The van der Waals surface area contributed by atoms with Crippen LogP contribution >= 0.6 is 0 Å². The molecule has 0 bridgehead atoms. The number of Topliss-reactive ketones (excluding diaryl/α,β-unsaturated/α-hetero) is 1. The second-order valence-corrected chi connectivity index (χ2v) is 5.64. The van der Waals surface area contributed by atoms with Crippen molar-refractivity contribution in [2.75, 3.05) is 6.54 Å². The first-order valence-electron chi connectivity index (χ1n) is 7.75. The van der Waals surface area contributed by atoms with Gasteiger partial charge in [-0.25, -0.2) is 0 Å². The maximum absolute atomic E-state index is 12.1. The second-order valence-electron chi connectivity index (χ2n) is 5.64. The zero-order chi connectivity index (χ0) is 17.5. The van der Waals surface area contributed by atoms with Crippen molar-refractivity contribution in [2.24, 2.45) is 0 Å². The summed E-state index contributed by atoms with van der Waals surface area (Å²) in [4.78, 5) is 12.1. The number of rotatable bonds is 7. The van der Waals surface area contributed by atoms with Crippen molar-refractivity contribution < 1.29 is 15.0 Å². The number of nitrogens with one attached hydrogen (secondary N) is 1. The molecule has 3 N–H and O–H groups in total. The Bertz CT molecular complexity index is 735. The van der Waals surface area contributed by atoms with E-state index >= 15 is 0 Å². The number of carbonyl (C=O) groups is 1. The number of phenolic OH excluding ortho intramolecular Hbond substituents is 1. The maximum Gasteiger partial charge on any atom is 0.164 e. The van der Waals surface area contributed by atoms with Crippen LogP contribution in [0.25, 0.3) is 0 Å². The Labute approximate surface area is 141 Å². The molecule has 0 fully saturated rings. The molecule has 2 unspecified atom stereocenters. The first-order chi connectivity index (χ1) is 11.5. The van der Waals surface area contributed by atoms with E-state index in [2.05, 4.69) is 5.32 Å². The number of aromatic hydroxyl groups is 1. The molecule has 5 nitrogen and oxygen atoms in total. The Morgan fingerprint density at radius 3 is 2.62 bits per heavy atom. The molecule has 0 amide bonds. The Balaban J connectivity index is 1.85. The summed E-state index contributed by atoms with van der Waals surface area (Å²) < 4.78 is 0. The number of hydrogen-bond donors (Lipinski definition) is 3. The van der Waals surface area contributed by atoms with E-state index in [1.165, 1.54) is 12.1 Å². The topological polar surface area (TPSA) is 93.4 Å². The SMILES string of the molecule is CC(NCCC(=O)c1cccc(C#N)c1)C(O)c1ccc(O)cc1. The van der Waals surface area contributed by atoms with Gasteiger partial charge in [-0.15, -0.1) is 0 Å². The molecule has 0 saturated heterocycles. The van der Waals surface area contributed by atoms with E-state index in [1.807, 2.05) is 13.0 Å². The van der Waals surface area contributed by atoms with Crippen LogP contribution in [0.4, 0.5) is 0 Å². The molecule has 0 aliphatic rings. The van der Waals surface area contributed by atoms with E-state index in [-0.39, 0.29) is 24.0 Å². The van der Waals surface area contributed by atoms with E-state index in [0.29, 0.717) is 23.2 Å². The summed E-state index contributed by atoms with van der Waals surface area (Å²) in [6, 6.07) is 14.8. The number of aliphatic hydroxyl groups excluding tert-OH is 1. The van der Waals surface area contributed by atoms with Gasteiger partial charge in [-0.3, -0.25) is 4.79 Å². The Morgan fingerprint density at radius 2 is 1.96 bits per heavy atom. The molecule has 124 valence electrons. The average molecular weight is 324 g/mol. The van der Waals surface area contributed by atoms with E-state index in [4.69, 9.17) is 5.26 Å². The molecule has 0 spiro atoms. The van der Waals surface area contributed by atoms with Gasteiger partial charge in [0.05, 0.1) is 17.7 Å². The summed E-state index contributed by atoms with van der Waals surface area (Å²) in [7, 11) is 0. The predicted octanol–water partition coefficient (Wildman–Crippen LogP) is 2.55. The molecule has 2 rings (SSSR count). The van der Waals surface area contributed by atoms with Crippen molar-refractivity contribution in [3.63, 3.8) is 0 Å². The quantitative estimate of drug-likeness (QED) is 0.681. The van der Waals surface area contributed by atoms with Crippen molar-refractivity contribution >= 4 is 5.78 Å². The van der Waals surface area contributed by atoms with Crippen LogP contribution in [-0.2, 0) is 0 Å². The van der Waals surface area contributed by atoms with Crippen LogP contribution in [0.3, 0.4) is 0 Å². The van der Waals surface area contributed by atoms with Crippen LogP contribution in [0.5, 0.6) is 5.75 Å². The molecule has 0 heterocycles. The van der Waals surface area contributed by atoms with Gasteiger partial charge in [0.1, 0.15) is 5.75 Å². The fraction of sp³-hybridized carbons (Fsp3) is 0.263. The minimum atomic E-state index is -0.734. The molecule has 0 radical (unpaired) electrons. The maximum atomic E-state index is 12.1. The van der Waals surface area contributed by atoms with Crippen molar-refractivity contribution in [3.05, 3.63) is 65.2 Å². The van der Waals surface area contributed by atoms with E-state index in [1.54, 1.807) is 36.4 Å². The standard InChI is InChI=1S/C19H20N2O3/c1-13(19(24)15-5-7-17(22)8-6-15)21-10-9-18(23)16-4-2-3-14(11-16)12-20/h2-8,11,13,19,21-22,24H,9-10H2,1H3. The number of benzene rings is 2. The molecule has 24 heavy (non-hydrogen) atoms. The lowest BCUT2D eigenvalue weighted by atomic mass is 10.0. The van der Waals surface area contributed by atoms with Crippen molar-refractivity contribution in [3.8, 4) is 11.8 Å². The highest BCUT2D eigenvalue weighted by Crippen LogP contribution is 2.19. The zero-order valence-corrected chi connectivity index (χ0v) is 13.4. The highest BCUT2D eigenvalue weighted by atomic mass is 16.3. The number of hydrogen-bond acceptors (Lipinski definition) is 5. The number of carbonyl (C=O) groups excluding carboxylic acids is 1. The minimum absolute atomic E-state index is 0.0501. The van der Waals surface area contributed by atoms with Crippen LogP contribution in [0.2, 0.25) is 0 Å². The van der Waals surface area contributed by atoms with Gasteiger partial charge in [0.25, 0.3) is 0 Å². The number of phenols is 1. The lowest BCUT2D eigenvalue weighted by Gasteiger charge is -2.20. The molecule has 2 aromatic rings. The lowest BCUT2D eigenvalue weighted by Crippen LogP contribution is -2.33. The number of aliphatic hydroxyl groups is 1. The summed E-state index contributed by atoms with van der Waals surface area (Å²) in [6.07, 6.45) is -0.454. The van der Waals surface area contributed by atoms with E-state index < -0.39 is 6.10 Å². The van der Waals surface area contributed by atoms with Gasteiger partial charge >= 0.3 is 0 Å². The van der Waals surface area contributed by atoms with Gasteiger partial charge in [0.15, 0.2) is 5.78 Å². The third-order valence-electron chi connectivity index (χ3n) is 3.84. The third-order valence-corrected chi connectivity index (χ3v) is 3.84. The highest BCUT2D eigenvalue weighted by Gasteiger charge is 2.16. The highest BCUT2D eigenvalue weighted by molar-refractivity contribution is 5.96. The van der Waals surface area contributed by atoms with Crippen LogP contribution in [0, 0.1) is 11.3 Å². The van der Waals surface area contributed by atoms with Crippen molar-refractivity contribution in [1.82, 2.24) is 5.32 Å². The molecular formula is C19H20N2O3. The summed E-state index contributed by atoms with van der Waals surface area (Å²) in [5, 5.41) is 31.5. The van der Waals surface area contributed by atoms with Crippen LogP contribution in [0.1, 0.15) is 40.9 Å². The first kappa shape index (κ1) is 17.7. The van der Waals surface area contributed by atoms with Gasteiger partial charge in [-0.2, -0.15) is 5.26 Å². The Hall–Kier alpha value is -2.68. The summed E-state index contributed by atoms with van der Waals surface area (Å²) in [5.74, 6) is 0.0997. The smallest absolute Gasteiger partial charge is 0.164 e.